The average Bonchev–Trinajstić information content (AvgIpc) is 2.95. The van der Waals surface area contributed by atoms with Crippen LogP contribution < -0.4 is 14.8 Å². The maximum absolute atomic E-state index is 14.1. The summed E-state index contributed by atoms with van der Waals surface area (Å²) in [6.45, 7) is 5.44. The average molecular weight is 637 g/mol. The highest BCUT2D eigenvalue weighted by atomic mass is 35.5. The van der Waals surface area contributed by atoms with E-state index in [9.17, 15) is 22.0 Å². The fraction of sp³-hybridized carbons (Fsp3) is 0.387. The first kappa shape index (κ1) is 34.1. The Labute approximate surface area is 258 Å². The van der Waals surface area contributed by atoms with Gasteiger partial charge in [-0.25, -0.2) is 22.0 Å². The van der Waals surface area contributed by atoms with Crippen LogP contribution in [0.15, 0.2) is 66.7 Å². The first-order valence-electron chi connectivity index (χ1n) is 14.1. The van der Waals surface area contributed by atoms with Gasteiger partial charge in [-0.2, -0.15) is 0 Å². The Morgan fingerprint density at radius 1 is 1.00 bits per heavy atom. The Hall–Kier alpha value is -3.41. The number of carbonyl (C=O) groups is 1. The molecule has 2 amide bonds. The van der Waals surface area contributed by atoms with E-state index in [1.54, 1.807) is 17.0 Å². The van der Waals surface area contributed by atoms with E-state index in [4.69, 9.17) is 4.74 Å². The predicted octanol–water partition coefficient (Wildman–Crippen LogP) is 6.64. The number of anilines is 2. The second-order valence-electron chi connectivity index (χ2n) is 10.6. The zero-order valence-corrected chi connectivity index (χ0v) is 26.0. The van der Waals surface area contributed by atoms with Crippen molar-refractivity contribution in [2.75, 3.05) is 35.9 Å². The molecule has 0 bridgehead atoms. The number of nitrogens with zero attached hydrogens (tertiary/aromatic N) is 2. The predicted molar refractivity (Wildman–Crippen MR) is 168 cm³/mol. The van der Waals surface area contributed by atoms with Crippen LogP contribution in [-0.4, -0.2) is 56.2 Å². The molecule has 3 aromatic rings. The van der Waals surface area contributed by atoms with Gasteiger partial charge in [0.15, 0.2) is 0 Å². The largest absolute Gasteiger partial charge is 0.489 e. The lowest BCUT2D eigenvalue weighted by atomic mass is 10.0. The van der Waals surface area contributed by atoms with Crippen LogP contribution in [0.5, 0.6) is 5.75 Å². The van der Waals surface area contributed by atoms with Crippen LogP contribution >= 0.6 is 12.4 Å². The van der Waals surface area contributed by atoms with Gasteiger partial charge >= 0.3 is 6.03 Å². The molecule has 12 heteroatoms. The van der Waals surface area contributed by atoms with Gasteiger partial charge in [0.2, 0.25) is 10.0 Å². The van der Waals surface area contributed by atoms with Crippen molar-refractivity contribution >= 4 is 39.8 Å². The lowest BCUT2D eigenvalue weighted by Gasteiger charge is -2.38. The fourth-order valence-corrected chi connectivity index (χ4v) is 5.51. The van der Waals surface area contributed by atoms with Crippen LogP contribution in [0.1, 0.15) is 43.7 Å². The van der Waals surface area contributed by atoms with Crippen LogP contribution in [0, 0.1) is 11.6 Å². The Balaban J connectivity index is 0.00000506. The Morgan fingerprint density at radius 2 is 1.65 bits per heavy atom. The molecule has 1 fully saturated rings. The van der Waals surface area contributed by atoms with Gasteiger partial charge in [-0.05, 0) is 66.8 Å². The van der Waals surface area contributed by atoms with Gasteiger partial charge in [0.1, 0.15) is 24.0 Å². The fourth-order valence-electron chi connectivity index (χ4n) is 4.94. The molecule has 0 aliphatic carbocycles. The quantitative estimate of drug-likeness (QED) is 0.233. The van der Waals surface area contributed by atoms with E-state index in [-0.39, 0.29) is 30.2 Å². The Bertz CT molecular complexity index is 1440. The van der Waals surface area contributed by atoms with Gasteiger partial charge in [0.25, 0.3) is 0 Å². The Kier molecular flexibility index (Phi) is 12.6. The first-order valence-corrected chi connectivity index (χ1v) is 16.0. The number of amides is 2. The molecule has 234 valence electrons. The van der Waals surface area contributed by atoms with Crippen molar-refractivity contribution in [2.45, 2.75) is 51.8 Å². The number of unbranched alkanes of at least 4 members (excludes halogenated alkanes) is 1. The zero-order chi connectivity index (χ0) is 30.1. The molecule has 4 rings (SSSR count). The number of urea groups is 1. The maximum atomic E-state index is 14.1. The van der Waals surface area contributed by atoms with E-state index in [2.05, 4.69) is 21.9 Å². The molecule has 8 nitrogen and oxygen atoms in total. The third-order valence-electron chi connectivity index (χ3n) is 7.18. The first-order chi connectivity index (χ1) is 20.1. The number of hydrogen-bond donors (Lipinski definition) is 2. The minimum Gasteiger partial charge on any atom is -0.489 e. The molecule has 0 radical (unpaired) electrons. The Morgan fingerprint density at radius 3 is 2.26 bits per heavy atom. The van der Waals surface area contributed by atoms with Gasteiger partial charge < -0.3 is 15.0 Å². The second kappa shape index (κ2) is 15.9. The van der Waals surface area contributed by atoms with Crippen LogP contribution in [0.25, 0.3) is 0 Å². The highest BCUT2D eigenvalue weighted by molar-refractivity contribution is 7.92. The molecule has 0 atom stereocenters. The van der Waals surface area contributed by atoms with E-state index in [1.165, 1.54) is 6.07 Å². The third kappa shape index (κ3) is 10.7. The summed E-state index contributed by atoms with van der Waals surface area (Å²) in [5.74, 6) is -0.731. The lowest BCUT2D eigenvalue weighted by Crippen LogP contribution is -2.49. The van der Waals surface area contributed by atoms with E-state index < -0.39 is 21.7 Å². The number of likely N-dealkylation sites (tertiary alicyclic amines) is 1. The zero-order valence-electron chi connectivity index (χ0n) is 24.4. The molecule has 43 heavy (non-hydrogen) atoms. The molecular weight excluding hydrogens is 598 g/mol. The van der Waals surface area contributed by atoms with E-state index in [1.807, 2.05) is 36.4 Å². The molecular formula is C31H39ClF2N4O4S. The number of halogens is 3. The molecule has 3 aromatic carbocycles. The number of benzene rings is 3. The number of hydrogen-bond acceptors (Lipinski definition) is 5. The summed E-state index contributed by atoms with van der Waals surface area (Å²) in [6.07, 6.45) is 4.51. The normalized spacial score (nSPS) is 14.0. The second-order valence-corrected chi connectivity index (χ2v) is 12.4. The van der Waals surface area contributed by atoms with Crippen molar-refractivity contribution in [2.24, 2.45) is 0 Å². The van der Waals surface area contributed by atoms with Gasteiger partial charge in [-0.3, -0.25) is 9.62 Å². The number of sulfonamides is 1. The molecule has 1 heterocycles. The third-order valence-corrected chi connectivity index (χ3v) is 7.78. The minimum atomic E-state index is -3.31. The van der Waals surface area contributed by atoms with Crippen molar-refractivity contribution in [3.05, 3.63) is 89.5 Å². The molecule has 1 aliphatic rings. The monoisotopic (exact) mass is 636 g/mol. The SMILES string of the molecule is CCCCN(C(=O)Nc1ccc(F)cc1F)C1CCN(Cc2ccc(OCc3ccc(NS(C)(=O)=O)cc3)cc2)CC1.Cl. The summed E-state index contributed by atoms with van der Waals surface area (Å²) in [4.78, 5) is 17.2. The van der Waals surface area contributed by atoms with Crippen LogP contribution in [0.3, 0.4) is 0 Å². The van der Waals surface area contributed by atoms with Gasteiger partial charge in [0, 0.05) is 44.0 Å². The van der Waals surface area contributed by atoms with E-state index in [0.29, 0.717) is 18.8 Å². The topological polar surface area (TPSA) is 91.0 Å². The highest BCUT2D eigenvalue weighted by Gasteiger charge is 2.28. The number of ether oxygens (including phenoxy) is 1. The molecule has 2 N–H and O–H groups in total. The maximum Gasteiger partial charge on any atom is 0.322 e. The molecule has 1 saturated heterocycles. The minimum absolute atomic E-state index is 0. The number of rotatable bonds is 12. The highest BCUT2D eigenvalue weighted by Crippen LogP contribution is 2.23. The summed E-state index contributed by atoms with van der Waals surface area (Å²) in [7, 11) is -3.31. The van der Waals surface area contributed by atoms with Crippen molar-refractivity contribution in [1.29, 1.82) is 0 Å². The summed E-state index contributed by atoms with van der Waals surface area (Å²) in [5, 5.41) is 2.63. The summed E-state index contributed by atoms with van der Waals surface area (Å²) in [6, 6.07) is 17.8. The number of nitrogens with one attached hydrogen (secondary N) is 2. The van der Waals surface area contributed by atoms with Crippen molar-refractivity contribution in [3.63, 3.8) is 0 Å². The molecule has 0 unspecified atom stereocenters. The number of carbonyl (C=O) groups excluding carboxylic acids is 1. The van der Waals surface area contributed by atoms with Gasteiger partial charge in [-0.15, -0.1) is 12.4 Å². The van der Waals surface area contributed by atoms with Crippen molar-refractivity contribution in [3.8, 4) is 5.75 Å². The molecule has 0 saturated carbocycles. The molecule has 0 spiro atoms. The van der Waals surface area contributed by atoms with Crippen LogP contribution in [0.2, 0.25) is 0 Å². The van der Waals surface area contributed by atoms with E-state index in [0.717, 1.165) is 80.6 Å². The molecule has 0 aromatic heterocycles. The lowest BCUT2D eigenvalue weighted by molar-refractivity contribution is 0.122. The number of piperidine rings is 1. The smallest absolute Gasteiger partial charge is 0.322 e. The van der Waals surface area contributed by atoms with E-state index >= 15 is 0 Å². The van der Waals surface area contributed by atoms with Crippen LogP contribution in [0.4, 0.5) is 25.0 Å². The molecule has 1 aliphatic heterocycles. The van der Waals surface area contributed by atoms with Crippen molar-refractivity contribution in [1.82, 2.24) is 9.80 Å². The van der Waals surface area contributed by atoms with Crippen LogP contribution in [-0.2, 0) is 23.2 Å². The van der Waals surface area contributed by atoms with Crippen molar-refractivity contribution < 1.29 is 26.7 Å². The van der Waals surface area contributed by atoms with Gasteiger partial charge in [0.05, 0.1) is 11.9 Å². The summed E-state index contributed by atoms with van der Waals surface area (Å²) < 4.78 is 58.4. The van der Waals surface area contributed by atoms with Gasteiger partial charge in [-0.1, -0.05) is 37.6 Å². The summed E-state index contributed by atoms with van der Waals surface area (Å²) >= 11 is 0. The summed E-state index contributed by atoms with van der Waals surface area (Å²) in [5.41, 5.74) is 2.56. The standard InChI is InChI=1S/C31H38F2N4O4S.ClH/c1-3-4-17-37(31(38)34-30-14-9-25(32)20-29(30)33)27-15-18-36(19-16-27)21-23-7-12-28(13-8-23)41-22-24-5-10-26(11-6-24)35-42(2,39)40;/h5-14,20,27,35H,3-4,15-19,21-22H2,1-2H3,(H,34,38);1H.